The predicted molar refractivity (Wildman–Crippen MR) is 104 cm³/mol. The average Bonchev–Trinajstić information content (AvgIpc) is 3.15. The van der Waals surface area contributed by atoms with Crippen molar-refractivity contribution in [3.05, 3.63) is 63.2 Å². The molecule has 1 aliphatic heterocycles. The summed E-state index contributed by atoms with van der Waals surface area (Å²) in [4.78, 5) is 24.6. The Kier molecular flexibility index (Phi) is 5.79. The number of carbonyl (C=O) groups excluding carboxylic acids is 1. The van der Waals surface area contributed by atoms with Crippen LogP contribution in [0.4, 0.5) is 5.69 Å². The third-order valence-electron chi connectivity index (χ3n) is 5.10. The molecule has 1 atom stereocenters. The minimum Gasteiger partial charge on any atom is -0.497 e. The molecule has 3 rings (SSSR count). The molecule has 0 spiro atoms. The Morgan fingerprint density at radius 2 is 2.04 bits per heavy atom. The molecule has 28 heavy (non-hydrogen) atoms. The van der Waals surface area contributed by atoms with Gasteiger partial charge in [-0.1, -0.05) is 12.1 Å². The predicted octanol–water partition coefficient (Wildman–Crippen LogP) is 3.05. The van der Waals surface area contributed by atoms with Crippen molar-refractivity contribution in [2.75, 3.05) is 20.8 Å². The van der Waals surface area contributed by atoms with E-state index in [4.69, 9.17) is 15.2 Å². The highest BCUT2D eigenvalue weighted by atomic mass is 16.6. The van der Waals surface area contributed by atoms with Gasteiger partial charge in [0, 0.05) is 41.4 Å². The number of amides is 1. The lowest BCUT2D eigenvalue weighted by molar-refractivity contribution is -0.385. The second kappa shape index (κ2) is 8.26. The van der Waals surface area contributed by atoms with Crippen molar-refractivity contribution < 1.29 is 19.2 Å². The fraction of sp³-hybridized carbons (Fsp3) is 0.350. The van der Waals surface area contributed by atoms with Crippen molar-refractivity contribution in [3.63, 3.8) is 0 Å². The van der Waals surface area contributed by atoms with Gasteiger partial charge >= 0.3 is 0 Å². The van der Waals surface area contributed by atoms with Crippen LogP contribution in [0.5, 0.6) is 11.5 Å². The molecule has 0 bridgehead atoms. The molecule has 0 unspecified atom stereocenters. The molecule has 1 amide bonds. The van der Waals surface area contributed by atoms with Gasteiger partial charge in [-0.15, -0.1) is 0 Å². The highest BCUT2D eigenvalue weighted by Crippen LogP contribution is 2.40. The van der Waals surface area contributed by atoms with E-state index in [1.54, 1.807) is 20.3 Å². The number of nitro groups is 1. The fourth-order valence-electron chi connectivity index (χ4n) is 3.70. The summed E-state index contributed by atoms with van der Waals surface area (Å²) < 4.78 is 10.8. The SMILES string of the molecule is COc1ccc([C@H]2CCCN2Cc2ccc(C(N)=O)cc2[N+](=O)[O-])c(OC)c1. The van der Waals surface area contributed by atoms with Crippen LogP contribution in [0, 0.1) is 10.1 Å². The van der Waals surface area contributed by atoms with Gasteiger partial charge in [0.05, 0.1) is 19.1 Å². The number of nitro benzene ring substituents is 1. The first-order chi connectivity index (χ1) is 13.4. The van der Waals surface area contributed by atoms with Gasteiger partial charge in [0.2, 0.25) is 5.91 Å². The van der Waals surface area contributed by atoms with Crippen LogP contribution in [0.15, 0.2) is 36.4 Å². The van der Waals surface area contributed by atoms with Gasteiger partial charge < -0.3 is 15.2 Å². The average molecular weight is 385 g/mol. The summed E-state index contributed by atoms with van der Waals surface area (Å²) in [6.45, 7) is 1.21. The molecule has 0 radical (unpaired) electrons. The Morgan fingerprint density at radius 3 is 2.68 bits per heavy atom. The van der Waals surface area contributed by atoms with E-state index in [2.05, 4.69) is 4.90 Å². The molecule has 0 aliphatic carbocycles. The van der Waals surface area contributed by atoms with E-state index >= 15 is 0 Å². The zero-order chi connectivity index (χ0) is 20.3. The normalized spacial score (nSPS) is 16.7. The Morgan fingerprint density at radius 1 is 1.25 bits per heavy atom. The van der Waals surface area contributed by atoms with E-state index in [1.165, 1.54) is 12.1 Å². The third kappa shape index (κ3) is 3.91. The molecule has 0 saturated carbocycles. The number of nitrogens with zero attached hydrogens (tertiary/aromatic N) is 2. The minimum atomic E-state index is -0.684. The van der Waals surface area contributed by atoms with Crippen molar-refractivity contribution >= 4 is 11.6 Å². The number of hydrogen-bond donors (Lipinski definition) is 1. The van der Waals surface area contributed by atoms with Gasteiger partial charge in [0.15, 0.2) is 0 Å². The number of primary amides is 1. The summed E-state index contributed by atoms with van der Waals surface area (Å²) >= 11 is 0. The molecule has 2 N–H and O–H groups in total. The van der Waals surface area contributed by atoms with Crippen LogP contribution in [0.1, 0.15) is 40.4 Å². The minimum absolute atomic E-state index is 0.0799. The van der Waals surface area contributed by atoms with E-state index in [0.717, 1.165) is 30.7 Å². The topological polar surface area (TPSA) is 108 Å². The van der Waals surface area contributed by atoms with Gasteiger partial charge in [-0.05, 0) is 31.5 Å². The quantitative estimate of drug-likeness (QED) is 0.580. The lowest BCUT2D eigenvalue weighted by Gasteiger charge is -2.26. The second-order valence-electron chi connectivity index (χ2n) is 6.70. The number of carbonyl (C=O) groups is 1. The zero-order valence-electron chi connectivity index (χ0n) is 15.9. The molecular weight excluding hydrogens is 362 g/mol. The van der Waals surface area contributed by atoms with Gasteiger partial charge in [-0.2, -0.15) is 0 Å². The van der Waals surface area contributed by atoms with Crippen molar-refractivity contribution in [2.24, 2.45) is 5.73 Å². The smallest absolute Gasteiger partial charge is 0.274 e. The van der Waals surface area contributed by atoms with Gasteiger partial charge in [-0.25, -0.2) is 0 Å². The number of methoxy groups -OCH3 is 2. The first-order valence-electron chi connectivity index (χ1n) is 8.97. The molecule has 148 valence electrons. The molecular formula is C20H23N3O5. The first-order valence-corrected chi connectivity index (χ1v) is 8.97. The molecule has 0 aromatic heterocycles. The number of ether oxygens (including phenoxy) is 2. The van der Waals surface area contributed by atoms with E-state index < -0.39 is 10.8 Å². The number of likely N-dealkylation sites (tertiary alicyclic amines) is 1. The Balaban J connectivity index is 1.91. The zero-order valence-corrected chi connectivity index (χ0v) is 15.9. The summed E-state index contributed by atoms with van der Waals surface area (Å²) in [7, 11) is 3.22. The number of hydrogen-bond acceptors (Lipinski definition) is 6. The largest absolute Gasteiger partial charge is 0.497 e. The van der Waals surface area contributed by atoms with Crippen molar-refractivity contribution in [1.29, 1.82) is 0 Å². The van der Waals surface area contributed by atoms with Crippen molar-refractivity contribution in [3.8, 4) is 11.5 Å². The van der Waals surface area contributed by atoms with Crippen LogP contribution < -0.4 is 15.2 Å². The van der Waals surface area contributed by atoms with Crippen LogP contribution in [0.3, 0.4) is 0 Å². The Labute approximate surface area is 163 Å². The molecule has 8 heteroatoms. The lowest BCUT2D eigenvalue weighted by Crippen LogP contribution is -2.24. The highest BCUT2D eigenvalue weighted by molar-refractivity contribution is 5.93. The fourth-order valence-corrected chi connectivity index (χ4v) is 3.70. The van der Waals surface area contributed by atoms with Crippen molar-refractivity contribution in [1.82, 2.24) is 4.90 Å². The molecule has 1 heterocycles. The Bertz CT molecular complexity index is 899. The highest BCUT2D eigenvalue weighted by Gasteiger charge is 2.30. The number of rotatable bonds is 7. The molecule has 8 nitrogen and oxygen atoms in total. The maximum atomic E-state index is 11.5. The molecule has 2 aromatic carbocycles. The van der Waals surface area contributed by atoms with Crippen molar-refractivity contribution in [2.45, 2.75) is 25.4 Å². The molecule has 1 fully saturated rings. The first kappa shape index (κ1) is 19.6. The standard InChI is InChI=1S/C20H23N3O5/c1-27-15-7-8-16(19(11-15)28-2)17-4-3-9-22(17)12-14-6-5-13(20(21)24)10-18(14)23(25)26/h5-8,10-11,17H,3-4,9,12H2,1-2H3,(H2,21,24)/t17-/m1/s1. The maximum absolute atomic E-state index is 11.5. The van der Waals surface area contributed by atoms with Crippen LogP contribution in [-0.4, -0.2) is 36.5 Å². The van der Waals surface area contributed by atoms with Gasteiger partial charge in [0.25, 0.3) is 5.69 Å². The van der Waals surface area contributed by atoms with Crippen LogP contribution >= 0.6 is 0 Å². The van der Waals surface area contributed by atoms with Gasteiger partial charge in [-0.3, -0.25) is 19.8 Å². The van der Waals surface area contributed by atoms with Crippen LogP contribution in [0.2, 0.25) is 0 Å². The summed E-state index contributed by atoms with van der Waals surface area (Å²) in [5.74, 6) is 0.759. The Hall–Kier alpha value is -3.13. The third-order valence-corrected chi connectivity index (χ3v) is 5.10. The summed E-state index contributed by atoms with van der Waals surface area (Å²) in [6, 6.07) is 10.2. The number of benzene rings is 2. The number of nitrogens with two attached hydrogens (primary N) is 1. The molecule has 1 aliphatic rings. The molecule has 2 aromatic rings. The summed E-state index contributed by atoms with van der Waals surface area (Å²) in [5, 5.41) is 11.5. The van der Waals surface area contributed by atoms with Crippen LogP contribution in [0.25, 0.3) is 0 Å². The van der Waals surface area contributed by atoms with Crippen LogP contribution in [-0.2, 0) is 6.54 Å². The maximum Gasteiger partial charge on any atom is 0.274 e. The van der Waals surface area contributed by atoms with Gasteiger partial charge in [0.1, 0.15) is 11.5 Å². The lowest BCUT2D eigenvalue weighted by atomic mass is 10.0. The second-order valence-corrected chi connectivity index (χ2v) is 6.70. The monoisotopic (exact) mass is 385 g/mol. The van der Waals surface area contributed by atoms with E-state index in [9.17, 15) is 14.9 Å². The summed E-state index contributed by atoms with van der Waals surface area (Å²) in [6.07, 6.45) is 1.91. The van der Waals surface area contributed by atoms with E-state index in [1.807, 2.05) is 18.2 Å². The van der Waals surface area contributed by atoms with E-state index in [-0.39, 0.29) is 17.3 Å². The summed E-state index contributed by atoms with van der Waals surface area (Å²) in [5.41, 5.74) is 6.87. The molecule has 1 saturated heterocycles. The van der Waals surface area contributed by atoms with E-state index in [0.29, 0.717) is 17.9 Å².